The molecule has 3 amide bonds. The first-order chi connectivity index (χ1) is 13.5. The van der Waals surface area contributed by atoms with Crippen molar-refractivity contribution < 1.29 is 14.4 Å². The molecule has 1 aliphatic carbocycles. The molecular formula is C22H27N3O3. The van der Waals surface area contributed by atoms with Gasteiger partial charge in [-0.25, -0.2) is 0 Å². The van der Waals surface area contributed by atoms with E-state index >= 15 is 0 Å². The predicted molar refractivity (Wildman–Crippen MR) is 107 cm³/mol. The Kier molecular flexibility index (Phi) is 4.96. The van der Waals surface area contributed by atoms with E-state index in [2.05, 4.69) is 36.9 Å². The molecule has 2 heterocycles. The summed E-state index contributed by atoms with van der Waals surface area (Å²) in [4.78, 5) is 43.2. The number of hydrogen-bond acceptors (Lipinski definition) is 4. The third-order valence-corrected chi connectivity index (χ3v) is 6.44. The molecule has 6 nitrogen and oxygen atoms in total. The van der Waals surface area contributed by atoms with Crippen LogP contribution in [0.2, 0.25) is 0 Å². The summed E-state index contributed by atoms with van der Waals surface area (Å²) in [6.45, 7) is 6.85. The first kappa shape index (κ1) is 18.7. The van der Waals surface area contributed by atoms with Gasteiger partial charge in [0.1, 0.15) is 6.54 Å². The molecule has 2 atom stereocenters. The zero-order valence-electron chi connectivity index (χ0n) is 16.6. The fourth-order valence-corrected chi connectivity index (χ4v) is 4.54. The summed E-state index contributed by atoms with van der Waals surface area (Å²) in [6.07, 6.45) is 5.14. The van der Waals surface area contributed by atoms with Gasteiger partial charge in [0.25, 0.3) is 0 Å². The highest BCUT2D eigenvalue weighted by Gasteiger charge is 2.48. The molecule has 2 saturated heterocycles. The second-order valence-corrected chi connectivity index (χ2v) is 8.01. The van der Waals surface area contributed by atoms with E-state index in [0.29, 0.717) is 25.9 Å². The standard InChI is InChI=1S/C22H27N3O3/c1-15-6-5-9-19(16(15)2)23-10-12-24(13-11-23)20(26)14-25-21(27)17-7-3-4-8-18(17)22(25)28/h3-6,9,17-18H,7-8,10-14H2,1-2H3/t17-,18-/m0/s1. The Labute approximate surface area is 165 Å². The van der Waals surface area contributed by atoms with Crippen LogP contribution in [0.1, 0.15) is 24.0 Å². The van der Waals surface area contributed by atoms with Gasteiger partial charge in [-0.2, -0.15) is 0 Å². The van der Waals surface area contributed by atoms with Gasteiger partial charge >= 0.3 is 0 Å². The van der Waals surface area contributed by atoms with Gasteiger partial charge in [-0.05, 0) is 43.9 Å². The molecule has 1 aromatic rings. The van der Waals surface area contributed by atoms with Gasteiger partial charge in [0, 0.05) is 31.9 Å². The Hall–Kier alpha value is -2.63. The van der Waals surface area contributed by atoms with Crippen molar-refractivity contribution in [3.8, 4) is 0 Å². The number of rotatable bonds is 3. The Morgan fingerprint density at radius 2 is 1.57 bits per heavy atom. The van der Waals surface area contributed by atoms with Crippen molar-refractivity contribution in [2.45, 2.75) is 26.7 Å². The fourth-order valence-electron chi connectivity index (χ4n) is 4.54. The number of piperazine rings is 1. The highest BCUT2D eigenvalue weighted by atomic mass is 16.2. The van der Waals surface area contributed by atoms with Crippen LogP contribution in [-0.4, -0.2) is 60.2 Å². The van der Waals surface area contributed by atoms with Crippen molar-refractivity contribution in [2.75, 3.05) is 37.6 Å². The van der Waals surface area contributed by atoms with Gasteiger partial charge in [0.15, 0.2) is 0 Å². The molecule has 148 valence electrons. The van der Waals surface area contributed by atoms with E-state index in [1.165, 1.54) is 21.7 Å². The molecule has 2 aliphatic heterocycles. The minimum atomic E-state index is -0.272. The zero-order valence-corrected chi connectivity index (χ0v) is 16.6. The number of benzene rings is 1. The first-order valence-corrected chi connectivity index (χ1v) is 10.1. The normalized spacial score (nSPS) is 24.7. The smallest absolute Gasteiger partial charge is 0.242 e. The van der Waals surface area contributed by atoms with Gasteiger partial charge in [-0.3, -0.25) is 19.3 Å². The monoisotopic (exact) mass is 381 g/mol. The number of hydrogen-bond donors (Lipinski definition) is 0. The zero-order chi connectivity index (χ0) is 19.8. The summed E-state index contributed by atoms with van der Waals surface area (Å²) in [7, 11) is 0. The number of fused-ring (bicyclic) bond motifs is 1. The van der Waals surface area contributed by atoms with Crippen molar-refractivity contribution in [2.24, 2.45) is 11.8 Å². The summed E-state index contributed by atoms with van der Waals surface area (Å²) < 4.78 is 0. The Bertz CT molecular complexity index is 813. The van der Waals surface area contributed by atoms with Crippen LogP contribution >= 0.6 is 0 Å². The second-order valence-electron chi connectivity index (χ2n) is 8.01. The number of anilines is 1. The van der Waals surface area contributed by atoms with E-state index in [-0.39, 0.29) is 36.1 Å². The van der Waals surface area contributed by atoms with E-state index in [0.717, 1.165) is 13.1 Å². The van der Waals surface area contributed by atoms with Crippen LogP contribution in [0.3, 0.4) is 0 Å². The number of likely N-dealkylation sites (tertiary alicyclic amines) is 1. The molecular weight excluding hydrogens is 354 g/mol. The van der Waals surface area contributed by atoms with Crippen LogP contribution in [0.15, 0.2) is 30.4 Å². The van der Waals surface area contributed by atoms with Gasteiger partial charge in [-0.1, -0.05) is 24.3 Å². The van der Waals surface area contributed by atoms with E-state index in [9.17, 15) is 14.4 Å². The number of amides is 3. The van der Waals surface area contributed by atoms with E-state index in [4.69, 9.17) is 0 Å². The highest BCUT2D eigenvalue weighted by Crippen LogP contribution is 2.35. The molecule has 1 aromatic carbocycles. The summed E-state index contributed by atoms with van der Waals surface area (Å²) in [5.41, 5.74) is 3.75. The Morgan fingerprint density at radius 1 is 0.964 bits per heavy atom. The predicted octanol–water partition coefficient (Wildman–Crippen LogP) is 1.90. The molecule has 4 rings (SSSR count). The maximum atomic E-state index is 12.8. The van der Waals surface area contributed by atoms with Gasteiger partial charge in [0.05, 0.1) is 11.8 Å². The summed E-state index contributed by atoms with van der Waals surface area (Å²) in [6, 6.07) is 6.29. The number of aryl methyl sites for hydroxylation is 1. The van der Waals surface area contributed by atoms with Gasteiger partial charge < -0.3 is 9.80 Å². The van der Waals surface area contributed by atoms with Gasteiger partial charge in [0.2, 0.25) is 17.7 Å². The largest absolute Gasteiger partial charge is 0.368 e. The minimum Gasteiger partial charge on any atom is -0.368 e. The third-order valence-electron chi connectivity index (χ3n) is 6.44. The number of carbonyl (C=O) groups excluding carboxylic acids is 3. The van der Waals surface area contributed by atoms with Crippen LogP contribution < -0.4 is 4.90 Å². The number of carbonyl (C=O) groups is 3. The highest BCUT2D eigenvalue weighted by molar-refractivity contribution is 6.07. The Balaban J connectivity index is 1.36. The van der Waals surface area contributed by atoms with Crippen LogP contribution in [-0.2, 0) is 14.4 Å². The minimum absolute atomic E-state index is 0.117. The lowest BCUT2D eigenvalue weighted by atomic mass is 9.85. The third kappa shape index (κ3) is 3.21. The number of imide groups is 1. The van der Waals surface area contributed by atoms with Gasteiger partial charge in [-0.15, -0.1) is 0 Å². The molecule has 0 radical (unpaired) electrons. The van der Waals surface area contributed by atoms with Crippen molar-refractivity contribution in [1.82, 2.24) is 9.80 Å². The van der Waals surface area contributed by atoms with Crippen molar-refractivity contribution in [3.05, 3.63) is 41.5 Å². The molecule has 6 heteroatoms. The summed E-state index contributed by atoms with van der Waals surface area (Å²) in [5, 5.41) is 0. The fraction of sp³-hybridized carbons (Fsp3) is 0.500. The molecule has 0 bridgehead atoms. The summed E-state index contributed by atoms with van der Waals surface area (Å²) in [5.74, 6) is -1.03. The SMILES string of the molecule is Cc1cccc(N2CCN(C(=O)CN3C(=O)[C@H]4CC=CC[C@@H]4C3=O)CC2)c1C. The lowest BCUT2D eigenvalue weighted by molar-refractivity contribution is -0.146. The van der Waals surface area contributed by atoms with E-state index < -0.39 is 0 Å². The molecule has 0 N–H and O–H groups in total. The number of allylic oxidation sites excluding steroid dienone is 2. The molecule has 28 heavy (non-hydrogen) atoms. The molecule has 0 saturated carbocycles. The maximum Gasteiger partial charge on any atom is 0.242 e. The lowest BCUT2D eigenvalue weighted by Gasteiger charge is -2.37. The molecule has 3 aliphatic rings. The lowest BCUT2D eigenvalue weighted by Crippen LogP contribution is -2.52. The molecule has 2 fully saturated rings. The quantitative estimate of drug-likeness (QED) is 0.593. The average Bonchev–Trinajstić information content (AvgIpc) is 2.95. The second kappa shape index (κ2) is 7.41. The topological polar surface area (TPSA) is 60.9 Å². The molecule has 0 spiro atoms. The van der Waals surface area contributed by atoms with Crippen LogP contribution in [0.5, 0.6) is 0 Å². The van der Waals surface area contributed by atoms with Crippen molar-refractivity contribution in [1.29, 1.82) is 0 Å². The average molecular weight is 381 g/mol. The summed E-state index contributed by atoms with van der Waals surface area (Å²) >= 11 is 0. The molecule has 0 unspecified atom stereocenters. The van der Waals surface area contributed by atoms with E-state index in [1.807, 2.05) is 12.2 Å². The Morgan fingerprint density at radius 3 is 2.18 bits per heavy atom. The van der Waals surface area contributed by atoms with E-state index in [1.54, 1.807) is 4.90 Å². The van der Waals surface area contributed by atoms with Crippen LogP contribution in [0, 0.1) is 25.7 Å². The van der Waals surface area contributed by atoms with Crippen molar-refractivity contribution >= 4 is 23.4 Å². The van der Waals surface area contributed by atoms with Crippen LogP contribution in [0.4, 0.5) is 5.69 Å². The number of nitrogens with zero attached hydrogens (tertiary/aromatic N) is 3. The van der Waals surface area contributed by atoms with Crippen molar-refractivity contribution in [3.63, 3.8) is 0 Å². The van der Waals surface area contributed by atoms with Crippen LogP contribution in [0.25, 0.3) is 0 Å². The maximum absolute atomic E-state index is 12.8. The first-order valence-electron chi connectivity index (χ1n) is 10.1. The molecule has 0 aromatic heterocycles.